The molecule has 0 spiro atoms. The zero-order valence-corrected chi connectivity index (χ0v) is 21.2. The highest BCUT2D eigenvalue weighted by Gasteiger charge is 2.33. The van der Waals surface area contributed by atoms with Crippen LogP contribution in [-0.2, 0) is 31.3 Å². The molecular weight excluding hydrogens is 482 g/mol. The van der Waals surface area contributed by atoms with E-state index in [2.05, 4.69) is 10.5 Å². The zero-order valence-electron chi connectivity index (χ0n) is 19.5. The third-order valence-electron chi connectivity index (χ3n) is 5.95. The first-order valence-electron chi connectivity index (χ1n) is 11.0. The number of aromatic nitrogens is 1. The van der Waals surface area contributed by atoms with Gasteiger partial charge in [0.2, 0.25) is 26.0 Å². The topological polar surface area (TPSA) is 156 Å². The summed E-state index contributed by atoms with van der Waals surface area (Å²) in [5.41, 5.74) is 1.21. The van der Waals surface area contributed by atoms with Gasteiger partial charge >= 0.3 is 0 Å². The predicted octanol–water partition coefficient (Wildman–Crippen LogP) is 0.383. The summed E-state index contributed by atoms with van der Waals surface area (Å²) in [6.45, 7) is 7.01. The van der Waals surface area contributed by atoms with Gasteiger partial charge in [0.05, 0.1) is 10.9 Å². The van der Waals surface area contributed by atoms with Gasteiger partial charge in [-0.05, 0) is 51.3 Å². The first kappa shape index (κ1) is 26.3. The molecule has 11 nitrogen and oxygen atoms in total. The van der Waals surface area contributed by atoms with Crippen LogP contribution in [-0.4, -0.2) is 75.9 Å². The molecule has 3 rings (SSSR count). The summed E-state index contributed by atoms with van der Waals surface area (Å²) in [7, 11) is -7.46. The Balaban J connectivity index is 1.53. The number of aryl methyl sites for hydroxylation is 2. The van der Waals surface area contributed by atoms with Crippen molar-refractivity contribution in [1.29, 1.82) is 0 Å². The van der Waals surface area contributed by atoms with Crippen molar-refractivity contribution in [2.45, 2.75) is 49.4 Å². The molecule has 1 saturated heterocycles. The van der Waals surface area contributed by atoms with Crippen LogP contribution in [0.25, 0.3) is 0 Å². The second-order valence-electron chi connectivity index (χ2n) is 8.35. The van der Waals surface area contributed by atoms with Gasteiger partial charge in [0, 0.05) is 32.7 Å². The van der Waals surface area contributed by atoms with E-state index < -0.39 is 26.1 Å². The molecule has 1 fully saturated rings. The molecule has 1 aromatic heterocycles. The lowest BCUT2D eigenvalue weighted by Crippen LogP contribution is -2.47. The Morgan fingerprint density at radius 3 is 2.38 bits per heavy atom. The number of primary sulfonamides is 1. The molecule has 1 atom stereocenters. The second kappa shape index (κ2) is 10.5. The molecule has 3 N–H and O–H groups in total. The third-order valence-corrected chi connectivity index (χ3v) is 9.02. The number of hydrogen-bond acceptors (Lipinski definition) is 8. The summed E-state index contributed by atoms with van der Waals surface area (Å²) in [6, 6.07) is 5.78. The molecular formula is C21H31N5O6S2. The van der Waals surface area contributed by atoms with Crippen LogP contribution in [0.5, 0.6) is 0 Å². The highest BCUT2D eigenvalue weighted by atomic mass is 32.2. The van der Waals surface area contributed by atoms with Gasteiger partial charge in [0.25, 0.3) is 0 Å². The van der Waals surface area contributed by atoms with Crippen molar-refractivity contribution in [3.63, 3.8) is 0 Å². The first-order valence-corrected chi connectivity index (χ1v) is 14.0. The fraction of sp³-hybridized carbons (Fsp3) is 0.524. The molecule has 34 heavy (non-hydrogen) atoms. The number of hydrogen-bond donors (Lipinski definition) is 2. The Labute approximate surface area is 200 Å². The van der Waals surface area contributed by atoms with Crippen LogP contribution < -0.4 is 10.5 Å². The molecule has 1 amide bonds. The Kier molecular flexibility index (Phi) is 8.14. The third kappa shape index (κ3) is 6.02. The number of nitrogens with zero attached hydrogens (tertiary/aromatic N) is 3. The minimum Gasteiger partial charge on any atom is -0.360 e. The monoisotopic (exact) mass is 513 g/mol. The van der Waals surface area contributed by atoms with Gasteiger partial charge in [-0.1, -0.05) is 17.3 Å². The second-order valence-corrected chi connectivity index (χ2v) is 11.8. The largest absolute Gasteiger partial charge is 0.360 e. The number of nitrogens with two attached hydrogens (primary N) is 1. The zero-order chi connectivity index (χ0) is 25.1. The summed E-state index contributed by atoms with van der Waals surface area (Å²) in [5.74, 6) is 0.119. The van der Waals surface area contributed by atoms with Crippen LogP contribution in [0, 0.1) is 13.8 Å². The van der Waals surface area contributed by atoms with E-state index in [0.29, 0.717) is 44.7 Å². The van der Waals surface area contributed by atoms with Crippen molar-refractivity contribution < 1.29 is 26.2 Å². The first-order chi connectivity index (χ1) is 15.9. The maximum atomic E-state index is 13.1. The van der Waals surface area contributed by atoms with Crippen molar-refractivity contribution in [2.24, 2.45) is 5.14 Å². The van der Waals surface area contributed by atoms with Crippen molar-refractivity contribution in [3.05, 3.63) is 41.3 Å². The predicted molar refractivity (Wildman–Crippen MR) is 125 cm³/mol. The van der Waals surface area contributed by atoms with E-state index in [1.165, 1.54) is 16.4 Å². The van der Waals surface area contributed by atoms with E-state index in [1.54, 1.807) is 32.9 Å². The van der Waals surface area contributed by atoms with E-state index in [0.717, 1.165) is 5.56 Å². The molecule has 13 heteroatoms. The normalized spacial score (nSPS) is 17.3. The van der Waals surface area contributed by atoms with Crippen LogP contribution >= 0.6 is 0 Å². The molecule has 0 radical (unpaired) electrons. The van der Waals surface area contributed by atoms with Crippen LogP contribution in [0.15, 0.2) is 38.6 Å². The van der Waals surface area contributed by atoms with Gasteiger partial charge in [-0.15, -0.1) is 0 Å². The Morgan fingerprint density at radius 1 is 1.12 bits per heavy atom. The van der Waals surface area contributed by atoms with Crippen molar-refractivity contribution >= 4 is 26.0 Å². The lowest BCUT2D eigenvalue weighted by Gasteiger charge is -2.27. The van der Waals surface area contributed by atoms with Gasteiger partial charge in [-0.3, -0.25) is 9.69 Å². The smallest absolute Gasteiger partial charge is 0.248 e. The van der Waals surface area contributed by atoms with E-state index >= 15 is 0 Å². The molecule has 0 unspecified atom stereocenters. The summed E-state index contributed by atoms with van der Waals surface area (Å²) < 4.78 is 55.3. The fourth-order valence-electron chi connectivity index (χ4n) is 4.00. The van der Waals surface area contributed by atoms with Crippen molar-refractivity contribution in [2.75, 3.05) is 32.7 Å². The van der Waals surface area contributed by atoms with E-state index in [4.69, 9.17) is 9.66 Å². The fourth-order valence-corrected chi connectivity index (χ4v) is 6.28. The molecule has 2 aromatic rings. The van der Waals surface area contributed by atoms with Gasteiger partial charge < -0.3 is 9.84 Å². The number of nitrogens with one attached hydrogen (secondary N) is 1. The van der Waals surface area contributed by atoms with Crippen molar-refractivity contribution in [1.82, 2.24) is 19.7 Å². The summed E-state index contributed by atoms with van der Waals surface area (Å²) >= 11 is 0. The highest BCUT2D eigenvalue weighted by Crippen LogP contribution is 2.24. The highest BCUT2D eigenvalue weighted by molar-refractivity contribution is 7.89. The quantitative estimate of drug-likeness (QED) is 0.513. The van der Waals surface area contributed by atoms with E-state index in [9.17, 15) is 21.6 Å². The maximum Gasteiger partial charge on any atom is 0.248 e. The molecule has 1 aliphatic heterocycles. The average Bonchev–Trinajstić information content (AvgIpc) is 2.97. The molecule has 2 heterocycles. The van der Waals surface area contributed by atoms with E-state index in [-0.39, 0.29) is 28.0 Å². The number of benzene rings is 1. The van der Waals surface area contributed by atoms with Crippen LogP contribution in [0.2, 0.25) is 0 Å². The SMILES string of the molecule is Cc1noc(C)c1S(=O)(=O)N1CCCN([C@@H](C)C(=O)NCCc2ccc(S(N)(=O)=O)cc2)CC1. The lowest BCUT2D eigenvalue weighted by atomic mass is 10.1. The van der Waals surface area contributed by atoms with E-state index in [1.807, 2.05) is 4.90 Å². The van der Waals surface area contributed by atoms with Crippen molar-refractivity contribution in [3.8, 4) is 0 Å². The number of carbonyl (C=O) groups is 1. The maximum absolute atomic E-state index is 13.1. The van der Waals surface area contributed by atoms with Gasteiger partial charge in [0.1, 0.15) is 10.6 Å². The average molecular weight is 514 g/mol. The molecule has 0 saturated carbocycles. The van der Waals surface area contributed by atoms with Crippen LogP contribution in [0.3, 0.4) is 0 Å². The Morgan fingerprint density at radius 2 is 1.79 bits per heavy atom. The van der Waals surface area contributed by atoms with Gasteiger partial charge in [0.15, 0.2) is 5.76 Å². The summed E-state index contributed by atoms with van der Waals surface area (Å²) in [5, 5.41) is 11.8. The molecule has 1 aromatic carbocycles. The molecule has 0 bridgehead atoms. The molecule has 1 aliphatic rings. The number of carbonyl (C=O) groups excluding carboxylic acids is 1. The van der Waals surface area contributed by atoms with Crippen LogP contribution in [0.4, 0.5) is 0 Å². The van der Waals surface area contributed by atoms with Gasteiger partial charge in [-0.25, -0.2) is 22.0 Å². The Hall–Kier alpha value is -2.32. The minimum absolute atomic E-state index is 0.0421. The minimum atomic E-state index is -3.73. The lowest BCUT2D eigenvalue weighted by molar-refractivity contribution is -0.125. The summed E-state index contributed by atoms with van der Waals surface area (Å²) in [4.78, 5) is 14.8. The number of amides is 1. The molecule has 0 aliphatic carbocycles. The Bertz CT molecular complexity index is 1210. The standard InChI is InChI=1S/C21H31N5O6S2/c1-15-20(17(3)32-24-15)34(30,31)26-12-4-11-25(13-14-26)16(2)21(27)23-10-9-18-5-7-19(8-6-18)33(22,28)29/h5-8,16H,4,9-14H2,1-3H3,(H,23,27)(H2,22,28,29)/t16-/m0/s1. The summed E-state index contributed by atoms with van der Waals surface area (Å²) in [6.07, 6.45) is 1.13. The van der Waals surface area contributed by atoms with Crippen LogP contribution in [0.1, 0.15) is 30.4 Å². The number of sulfonamides is 2. The van der Waals surface area contributed by atoms with Gasteiger partial charge in [-0.2, -0.15) is 4.31 Å². The number of rotatable bonds is 8. The molecule has 188 valence electrons.